The van der Waals surface area contributed by atoms with Gasteiger partial charge in [0.2, 0.25) is 0 Å². The molecule has 1 aliphatic rings. The van der Waals surface area contributed by atoms with Gasteiger partial charge in [-0.05, 0) is 55.0 Å². The summed E-state index contributed by atoms with van der Waals surface area (Å²) in [6.45, 7) is 5.03. The maximum atomic E-state index is 5.74. The summed E-state index contributed by atoms with van der Waals surface area (Å²) in [7, 11) is 0. The summed E-state index contributed by atoms with van der Waals surface area (Å²) in [5.41, 5.74) is 2.46. The van der Waals surface area contributed by atoms with Crippen LogP contribution in [0, 0.1) is 5.92 Å². The third kappa shape index (κ3) is 2.96. The predicted molar refractivity (Wildman–Crippen MR) is 99.5 cm³/mol. The molecule has 5 heteroatoms. The number of hydrogen-bond acceptors (Lipinski definition) is 5. The second-order valence-corrected chi connectivity index (χ2v) is 7.70. The number of rotatable bonds is 5. The molecule has 3 aromatic rings. The van der Waals surface area contributed by atoms with Crippen LogP contribution in [0.15, 0.2) is 30.6 Å². The number of hydrogen-bond donors (Lipinski definition) is 1. The standard InChI is InChI=1S/C19H21N3OS/c1-12(2)10-23-14-8-6-13(7-9-14)22-18-17-15-4-3-5-16(15)24-19(17)21-11-20-18/h6-9,11-12H,3-5,10H2,1-2H3,(H,20,21,22). The first kappa shape index (κ1) is 15.4. The maximum Gasteiger partial charge on any atom is 0.142 e. The van der Waals surface area contributed by atoms with Crippen molar-refractivity contribution in [2.45, 2.75) is 33.1 Å². The van der Waals surface area contributed by atoms with E-state index >= 15 is 0 Å². The zero-order chi connectivity index (χ0) is 16.5. The summed E-state index contributed by atoms with van der Waals surface area (Å²) >= 11 is 1.81. The Balaban J connectivity index is 1.58. The van der Waals surface area contributed by atoms with Gasteiger partial charge in [0, 0.05) is 10.6 Å². The van der Waals surface area contributed by atoms with Crippen molar-refractivity contribution < 1.29 is 4.74 Å². The van der Waals surface area contributed by atoms with Gasteiger partial charge in [0.1, 0.15) is 22.7 Å². The summed E-state index contributed by atoms with van der Waals surface area (Å²) in [4.78, 5) is 11.5. The Morgan fingerprint density at radius 2 is 2.00 bits per heavy atom. The van der Waals surface area contributed by atoms with Gasteiger partial charge in [0.05, 0.1) is 12.0 Å². The highest BCUT2D eigenvalue weighted by molar-refractivity contribution is 7.19. The lowest BCUT2D eigenvalue weighted by Gasteiger charge is -2.11. The molecule has 0 bridgehead atoms. The van der Waals surface area contributed by atoms with Gasteiger partial charge < -0.3 is 10.1 Å². The van der Waals surface area contributed by atoms with Crippen LogP contribution in [0.4, 0.5) is 11.5 Å². The highest BCUT2D eigenvalue weighted by atomic mass is 32.1. The molecule has 1 aromatic carbocycles. The number of thiophene rings is 1. The Morgan fingerprint density at radius 1 is 1.17 bits per heavy atom. The Hall–Kier alpha value is -2.14. The van der Waals surface area contributed by atoms with Crippen LogP contribution in [-0.2, 0) is 12.8 Å². The normalized spacial score (nSPS) is 13.5. The Labute approximate surface area is 145 Å². The van der Waals surface area contributed by atoms with Gasteiger partial charge in [-0.2, -0.15) is 0 Å². The van der Waals surface area contributed by atoms with Gasteiger partial charge in [0.25, 0.3) is 0 Å². The van der Waals surface area contributed by atoms with Gasteiger partial charge in [0.15, 0.2) is 0 Å². The zero-order valence-electron chi connectivity index (χ0n) is 14.0. The molecule has 0 aliphatic heterocycles. The molecule has 0 saturated heterocycles. The van der Waals surface area contributed by atoms with E-state index in [1.807, 2.05) is 35.6 Å². The number of fused-ring (bicyclic) bond motifs is 3. The molecule has 0 atom stereocenters. The second kappa shape index (κ2) is 6.40. The molecule has 124 valence electrons. The minimum atomic E-state index is 0.526. The van der Waals surface area contributed by atoms with E-state index in [-0.39, 0.29) is 0 Å². The fourth-order valence-corrected chi connectivity index (χ4v) is 4.29. The second-order valence-electron chi connectivity index (χ2n) is 6.61. The van der Waals surface area contributed by atoms with Crippen molar-refractivity contribution in [2.75, 3.05) is 11.9 Å². The molecule has 0 fully saturated rings. The van der Waals surface area contributed by atoms with E-state index in [9.17, 15) is 0 Å². The van der Waals surface area contributed by atoms with Gasteiger partial charge in [-0.3, -0.25) is 0 Å². The molecule has 4 nitrogen and oxygen atoms in total. The first-order chi connectivity index (χ1) is 11.7. The highest BCUT2D eigenvalue weighted by Crippen LogP contribution is 2.39. The fraction of sp³-hybridized carbons (Fsp3) is 0.368. The lowest BCUT2D eigenvalue weighted by atomic mass is 10.2. The van der Waals surface area contributed by atoms with Gasteiger partial charge >= 0.3 is 0 Å². The van der Waals surface area contributed by atoms with Crippen molar-refractivity contribution in [3.8, 4) is 5.75 Å². The van der Waals surface area contributed by atoms with E-state index in [1.54, 1.807) is 6.33 Å². The molecule has 0 radical (unpaired) electrons. The fourth-order valence-electron chi connectivity index (χ4n) is 3.06. The molecule has 1 N–H and O–H groups in total. The minimum Gasteiger partial charge on any atom is -0.493 e. The van der Waals surface area contributed by atoms with Gasteiger partial charge in [-0.15, -0.1) is 11.3 Å². The van der Waals surface area contributed by atoms with Crippen LogP contribution in [0.25, 0.3) is 10.2 Å². The van der Waals surface area contributed by atoms with Crippen LogP contribution in [-0.4, -0.2) is 16.6 Å². The molecule has 24 heavy (non-hydrogen) atoms. The van der Waals surface area contributed by atoms with Crippen molar-refractivity contribution in [1.82, 2.24) is 9.97 Å². The van der Waals surface area contributed by atoms with E-state index in [0.717, 1.165) is 35.1 Å². The smallest absolute Gasteiger partial charge is 0.142 e. The largest absolute Gasteiger partial charge is 0.493 e. The number of benzene rings is 1. The molecule has 0 amide bonds. The third-order valence-corrected chi connectivity index (χ3v) is 5.40. The quantitative estimate of drug-likeness (QED) is 0.714. The van der Waals surface area contributed by atoms with Crippen molar-refractivity contribution in [2.24, 2.45) is 5.92 Å². The van der Waals surface area contributed by atoms with Crippen molar-refractivity contribution in [3.63, 3.8) is 0 Å². The summed E-state index contributed by atoms with van der Waals surface area (Å²) in [5, 5.41) is 4.66. The Morgan fingerprint density at radius 3 is 2.79 bits per heavy atom. The van der Waals surface area contributed by atoms with Gasteiger partial charge in [-0.25, -0.2) is 9.97 Å². The first-order valence-electron chi connectivity index (χ1n) is 8.46. The molecular weight excluding hydrogens is 318 g/mol. The predicted octanol–water partition coefficient (Wildman–Crippen LogP) is 4.96. The number of ether oxygens (including phenoxy) is 1. The van der Waals surface area contributed by atoms with E-state index < -0.39 is 0 Å². The maximum absolute atomic E-state index is 5.74. The number of nitrogens with one attached hydrogen (secondary N) is 1. The summed E-state index contributed by atoms with van der Waals surface area (Å²) in [6, 6.07) is 8.08. The molecule has 0 unspecified atom stereocenters. The highest BCUT2D eigenvalue weighted by Gasteiger charge is 2.21. The van der Waals surface area contributed by atoms with Crippen molar-refractivity contribution in [3.05, 3.63) is 41.0 Å². The van der Waals surface area contributed by atoms with Crippen LogP contribution in [0.1, 0.15) is 30.7 Å². The van der Waals surface area contributed by atoms with Crippen LogP contribution >= 0.6 is 11.3 Å². The number of nitrogens with zero attached hydrogens (tertiary/aromatic N) is 2. The van der Waals surface area contributed by atoms with Crippen molar-refractivity contribution in [1.29, 1.82) is 0 Å². The molecule has 0 spiro atoms. The zero-order valence-corrected chi connectivity index (χ0v) is 14.8. The van der Waals surface area contributed by atoms with E-state index in [1.165, 1.54) is 28.7 Å². The number of anilines is 2. The molecule has 1 aliphatic carbocycles. The molecule has 4 rings (SSSR count). The van der Waals surface area contributed by atoms with Crippen LogP contribution in [0.5, 0.6) is 5.75 Å². The third-order valence-electron chi connectivity index (χ3n) is 4.20. The van der Waals surface area contributed by atoms with Gasteiger partial charge in [-0.1, -0.05) is 13.8 Å². The summed E-state index contributed by atoms with van der Waals surface area (Å²) in [5.74, 6) is 2.34. The SMILES string of the molecule is CC(C)COc1ccc(Nc2ncnc3sc4c(c23)CCC4)cc1. The van der Waals surface area contributed by atoms with Crippen molar-refractivity contribution >= 4 is 33.1 Å². The van der Waals surface area contributed by atoms with E-state index in [4.69, 9.17) is 4.74 Å². The van der Waals surface area contributed by atoms with Crippen LogP contribution < -0.4 is 10.1 Å². The van der Waals surface area contributed by atoms with E-state index in [0.29, 0.717) is 5.92 Å². The molecule has 2 aromatic heterocycles. The number of aryl methyl sites for hydroxylation is 2. The lowest BCUT2D eigenvalue weighted by molar-refractivity contribution is 0.271. The van der Waals surface area contributed by atoms with E-state index in [2.05, 4.69) is 29.1 Å². The number of aromatic nitrogens is 2. The topological polar surface area (TPSA) is 47.0 Å². The molecule has 2 heterocycles. The Bertz CT molecular complexity index is 855. The minimum absolute atomic E-state index is 0.526. The molecular formula is C19H21N3OS. The first-order valence-corrected chi connectivity index (χ1v) is 9.27. The van der Waals surface area contributed by atoms with Crippen LogP contribution in [0.3, 0.4) is 0 Å². The molecule has 0 saturated carbocycles. The average molecular weight is 339 g/mol. The lowest BCUT2D eigenvalue weighted by Crippen LogP contribution is -2.04. The summed E-state index contributed by atoms with van der Waals surface area (Å²) in [6.07, 6.45) is 5.21. The monoisotopic (exact) mass is 339 g/mol. The summed E-state index contributed by atoms with van der Waals surface area (Å²) < 4.78 is 5.74. The Kier molecular flexibility index (Phi) is 4.10. The van der Waals surface area contributed by atoms with Crippen LogP contribution in [0.2, 0.25) is 0 Å². The average Bonchev–Trinajstić information content (AvgIpc) is 3.15.